The van der Waals surface area contributed by atoms with Crippen molar-refractivity contribution >= 4 is 21.9 Å². The number of methoxy groups -OCH3 is 1. The average molecular weight is 276 g/mol. The summed E-state index contributed by atoms with van der Waals surface area (Å²) in [5.74, 6) is 1.77. The van der Waals surface area contributed by atoms with Crippen LogP contribution in [-0.2, 0) is 0 Å². The Morgan fingerprint density at radius 1 is 1.10 bits per heavy atom. The van der Waals surface area contributed by atoms with E-state index in [0.29, 0.717) is 11.2 Å². The molecule has 0 spiro atoms. The lowest BCUT2D eigenvalue weighted by Gasteiger charge is -2.03. The van der Waals surface area contributed by atoms with E-state index in [9.17, 15) is 4.79 Å². The van der Waals surface area contributed by atoms with Crippen LogP contribution in [0.25, 0.3) is 21.9 Å². The predicted molar refractivity (Wildman–Crippen MR) is 76.5 cm³/mol. The van der Waals surface area contributed by atoms with Gasteiger partial charge in [0, 0.05) is 23.4 Å². The molecule has 0 amide bonds. The first-order valence-electron chi connectivity index (χ1n) is 6.14. The van der Waals surface area contributed by atoms with Crippen LogP contribution >= 0.6 is 0 Å². The first-order chi connectivity index (χ1) is 9.10. The van der Waals surface area contributed by atoms with Crippen molar-refractivity contribution in [3.8, 4) is 5.75 Å². The Bertz CT molecular complexity index is 810. The van der Waals surface area contributed by atoms with Gasteiger partial charge in [-0.25, -0.2) is 4.79 Å². The lowest BCUT2D eigenvalue weighted by atomic mass is 10.1. The fourth-order valence-electron chi connectivity index (χ4n) is 2.25. The van der Waals surface area contributed by atoms with Crippen LogP contribution in [0.3, 0.4) is 0 Å². The van der Waals surface area contributed by atoms with Gasteiger partial charge in [-0.15, -0.1) is 0 Å². The third-order valence-electron chi connectivity index (χ3n) is 3.14. The first-order valence-corrected chi connectivity index (χ1v) is 6.14. The van der Waals surface area contributed by atoms with E-state index in [1.807, 2.05) is 19.9 Å². The highest BCUT2D eigenvalue weighted by molar-refractivity contribution is 5.96. The molecule has 0 saturated heterocycles. The molecule has 0 atom stereocenters. The fourth-order valence-corrected chi connectivity index (χ4v) is 2.25. The molecule has 106 valence electrons. The molecule has 0 aliphatic heterocycles. The Kier molecular flexibility index (Phi) is 3.55. The Balaban J connectivity index is 0.00000147. The Labute approximate surface area is 115 Å². The molecule has 1 aromatic carbocycles. The minimum absolute atomic E-state index is 0. The molecule has 2 N–H and O–H groups in total. The lowest BCUT2D eigenvalue weighted by molar-refractivity contribution is 0.390. The van der Waals surface area contributed by atoms with E-state index in [2.05, 4.69) is 0 Å². The summed E-state index contributed by atoms with van der Waals surface area (Å²) in [7, 11) is 1.63. The Hall–Kier alpha value is -2.27. The second-order valence-corrected chi connectivity index (χ2v) is 4.79. The van der Waals surface area contributed by atoms with Crippen LogP contribution in [-0.4, -0.2) is 12.6 Å². The molecular formula is C15H16O5. The molecule has 0 bridgehead atoms. The van der Waals surface area contributed by atoms with Gasteiger partial charge < -0.3 is 19.0 Å². The number of furan rings is 1. The highest BCUT2D eigenvalue weighted by atomic mass is 16.5. The molecule has 3 aromatic rings. The van der Waals surface area contributed by atoms with Gasteiger partial charge in [0.25, 0.3) is 0 Å². The number of fused-ring (bicyclic) bond motifs is 2. The number of ether oxygens (including phenoxy) is 1. The van der Waals surface area contributed by atoms with E-state index >= 15 is 0 Å². The quantitative estimate of drug-likeness (QED) is 0.674. The minimum Gasteiger partial charge on any atom is -0.492 e. The smallest absolute Gasteiger partial charge is 0.336 e. The second-order valence-electron chi connectivity index (χ2n) is 4.79. The molecule has 2 aromatic heterocycles. The summed E-state index contributed by atoms with van der Waals surface area (Å²) in [5, 5.41) is 1.74. The van der Waals surface area contributed by atoms with E-state index in [-0.39, 0.29) is 17.0 Å². The van der Waals surface area contributed by atoms with Crippen LogP contribution in [0.5, 0.6) is 5.75 Å². The Morgan fingerprint density at radius 2 is 1.85 bits per heavy atom. The highest BCUT2D eigenvalue weighted by Gasteiger charge is 2.18. The molecule has 3 rings (SSSR count). The second kappa shape index (κ2) is 5.02. The molecule has 0 saturated carbocycles. The summed E-state index contributed by atoms with van der Waals surface area (Å²) < 4.78 is 16.4. The summed E-state index contributed by atoms with van der Waals surface area (Å²) in [4.78, 5) is 11.2. The summed E-state index contributed by atoms with van der Waals surface area (Å²) >= 11 is 0. The standard InChI is InChI=1S/C15H14O4.H2O/c1-8(2)14-15(17-3)10-6-9-4-5-13(16)18-11(9)7-12(10)19-14;/h4-8H,1-3H3;1H2. The zero-order valence-electron chi connectivity index (χ0n) is 11.5. The third-order valence-corrected chi connectivity index (χ3v) is 3.14. The van der Waals surface area contributed by atoms with Crippen LogP contribution < -0.4 is 10.4 Å². The molecule has 5 nitrogen and oxygen atoms in total. The molecule has 0 aliphatic carbocycles. The van der Waals surface area contributed by atoms with Gasteiger partial charge in [-0.2, -0.15) is 0 Å². The van der Waals surface area contributed by atoms with Crippen LogP contribution in [0.15, 0.2) is 37.9 Å². The summed E-state index contributed by atoms with van der Waals surface area (Å²) in [6.07, 6.45) is 0. The van der Waals surface area contributed by atoms with E-state index in [1.54, 1.807) is 19.2 Å². The fraction of sp³-hybridized carbons (Fsp3) is 0.267. The van der Waals surface area contributed by atoms with Gasteiger partial charge in [-0.1, -0.05) is 13.8 Å². The first kappa shape index (κ1) is 14.1. The minimum atomic E-state index is -0.366. The van der Waals surface area contributed by atoms with Crippen molar-refractivity contribution in [1.29, 1.82) is 0 Å². The monoisotopic (exact) mass is 276 g/mol. The number of rotatable bonds is 2. The summed E-state index contributed by atoms with van der Waals surface area (Å²) in [6.45, 7) is 4.08. The van der Waals surface area contributed by atoms with Gasteiger partial charge in [-0.3, -0.25) is 0 Å². The largest absolute Gasteiger partial charge is 0.492 e. The van der Waals surface area contributed by atoms with Gasteiger partial charge in [-0.05, 0) is 12.1 Å². The summed E-state index contributed by atoms with van der Waals surface area (Å²) in [6, 6.07) is 6.80. The van der Waals surface area contributed by atoms with Crippen molar-refractivity contribution < 1.29 is 19.0 Å². The molecule has 0 fully saturated rings. The van der Waals surface area contributed by atoms with Gasteiger partial charge in [0.2, 0.25) is 0 Å². The van der Waals surface area contributed by atoms with Gasteiger partial charge in [0.05, 0.1) is 12.5 Å². The maximum absolute atomic E-state index is 11.2. The van der Waals surface area contributed by atoms with Crippen LogP contribution in [0.4, 0.5) is 0 Å². The maximum Gasteiger partial charge on any atom is 0.336 e. The average Bonchev–Trinajstić information content (AvgIpc) is 2.73. The van der Waals surface area contributed by atoms with E-state index in [4.69, 9.17) is 13.6 Å². The van der Waals surface area contributed by atoms with Crippen LogP contribution in [0.1, 0.15) is 25.5 Å². The van der Waals surface area contributed by atoms with Crippen LogP contribution in [0.2, 0.25) is 0 Å². The van der Waals surface area contributed by atoms with E-state index in [1.165, 1.54) is 6.07 Å². The predicted octanol–water partition coefficient (Wildman–Crippen LogP) is 2.85. The molecule has 0 radical (unpaired) electrons. The molecule has 5 heteroatoms. The van der Waals surface area contributed by atoms with Crippen molar-refractivity contribution in [2.24, 2.45) is 0 Å². The van der Waals surface area contributed by atoms with Crippen molar-refractivity contribution in [3.05, 3.63) is 40.4 Å². The van der Waals surface area contributed by atoms with E-state index in [0.717, 1.165) is 22.3 Å². The van der Waals surface area contributed by atoms with Crippen molar-refractivity contribution in [1.82, 2.24) is 0 Å². The third kappa shape index (κ3) is 2.06. The maximum atomic E-state index is 11.2. The number of benzene rings is 1. The Morgan fingerprint density at radius 3 is 2.50 bits per heavy atom. The molecule has 0 aliphatic rings. The number of hydrogen-bond acceptors (Lipinski definition) is 4. The van der Waals surface area contributed by atoms with E-state index < -0.39 is 0 Å². The summed E-state index contributed by atoms with van der Waals surface area (Å²) in [5.41, 5.74) is 0.823. The topological polar surface area (TPSA) is 84.1 Å². The van der Waals surface area contributed by atoms with Crippen molar-refractivity contribution in [3.63, 3.8) is 0 Å². The molecular weight excluding hydrogens is 260 g/mol. The van der Waals surface area contributed by atoms with Gasteiger partial charge in [0.15, 0.2) is 5.75 Å². The van der Waals surface area contributed by atoms with Crippen molar-refractivity contribution in [2.45, 2.75) is 19.8 Å². The van der Waals surface area contributed by atoms with Gasteiger partial charge in [0.1, 0.15) is 16.9 Å². The number of hydrogen-bond donors (Lipinski definition) is 0. The zero-order valence-corrected chi connectivity index (χ0v) is 11.5. The highest BCUT2D eigenvalue weighted by Crippen LogP contribution is 2.38. The van der Waals surface area contributed by atoms with Crippen molar-refractivity contribution in [2.75, 3.05) is 7.11 Å². The molecule has 0 unspecified atom stereocenters. The van der Waals surface area contributed by atoms with Gasteiger partial charge >= 0.3 is 5.63 Å². The lowest BCUT2D eigenvalue weighted by Crippen LogP contribution is -1.94. The molecule has 2 heterocycles. The normalized spacial score (nSPS) is 11.0. The van der Waals surface area contributed by atoms with Crippen LogP contribution in [0, 0.1) is 0 Å². The molecule has 20 heavy (non-hydrogen) atoms. The zero-order chi connectivity index (χ0) is 13.6. The SMILES string of the molecule is COc1c(C(C)C)oc2cc3oc(=O)ccc3cc12.O.